The molecule has 0 aromatic carbocycles. The van der Waals surface area contributed by atoms with Crippen molar-refractivity contribution in [2.75, 3.05) is 49.6 Å². The number of hydrogen-bond acceptors (Lipinski definition) is 5. The monoisotopic (exact) mass is 344 g/mol. The summed E-state index contributed by atoms with van der Waals surface area (Å²) in [4.78, 5) is 32.3. The number of rotatable bonds is 4. The quantitative estimate of drug-likeness (QED) is 0.833. The van der Waals surface area contributed by atoms with Gasteiger partial charge >= 0.3 is 0 Å². The number of morpholine rings is 1. The number of aromatic nitrogens is 1. The highest BCUT2D eigenvalue weighted by molar-refractivity contribution is 5.92. The number of pyridine rings is 1. The summed E-state index contributed by atoms with van der Waals surface area (Å²) in [5.41, 5.74) is 1.04. The van der Waals surface area contributed by atoms with Crippen LogP contribution in [0.4, 0.5) is 11.5 Å². The minimum absolute atomic E-state index is 0.0303. The van der Waals surface area contributed by atoms with Crippen LogP contribution in [0.5, 0.6) is 0 Å². The van der Waals surface area contributed by atoms with Gasteiger partial charge in [-0.25, -0.2) is 4.98 Å². The normalized spacial score (nSPS) is 18.7. The predicted octanol–water partition coefficient (Wildman–Crippen LogP) is 1.28. The average Bonchev–Trinajstić information content (AvgIpc) is 2.68. The van der Waals surface area contributed by atoms with Crippen LogP contribution in [0.25, 0.3) is 0 Å². The number of carbonyl (C=O) groups is 2. The van der Waals surface area contributed by atoms with E-state index in [-0.39, 0.29) is 17.7 Å². The molecular formula is C18H24N4O3. The third-order valence-corrected chi connectivity index (χ3v) is 4.73. The summed E-state index contributed by atoms with van der Waals surface area (Å²) in [6, 6.07) is 3.80. The number of hydrogen-bond donors (Lipinski definition) is 1. The molecule has 134 valence electrons. The maximum absolute atomic E-state index is 12.4. The molecule has 7 nitrogen and oxygen atoms in total. The van der Waals surface area contributed by atoms with E-state index in [2.05, 4.69) is 21.8 Å². The zero-order valence-corrected chi connectivity index (χ0v) is 14.3. The molecule has 0 bridgehead atoms. The van der Waals surface area contributed by atoms with E-state index in [4.69, 9.17) is 4.74 Å². The molecule has 0 saturated carbocycles. The van der Waals surface area contributed by atoms with E-state index in [0.29, 0.717) is 31.7 Å². The maximum atomic E-state index is 12.4. The van der Waals surface area contributed by atoms with Gasteiger partial charge in [0.1, 0.15) is 5.82 Å². The second kappa shape index (κ2) is 8.11. The molecule has 2 aliphatic heterocycles. The summed E-state index contributed by atoms with van der Waals surface area (Å²) in [6.45, 7) is 7.85. The molecule has 25 heavy (non-hydrogen) atoms. The van der Waals surface area contributed by atoms with Gasteiger partial charge in [-0.2, -0.15) is 0 Å². The van der Waals surface area contributed by atoms with Gasteiger partial charge in [0.2, 0.25) is 11.8 Å². The van der Waals surface area contributed by atoms with Crippen LogP contribution in [-0.2, 0) is 14.3 Å². The van der Waals surface area contributed by atoms with Crippen LogP contribution >= 0.6 is 0 Å². The number of nitrogens with one attached hydrogen (secondary N) is 1. The maximum Gasteiger partial charge on any atom is 0.245 e. The fourth-order valence-electron chi connectivity index (χ4n) is 3.19. The lowest BCUT2D eigenvalue weighted by Crippen LogP contribution is -2.40. The van der Waals surface area contributed by atoms with Gasteiger partial charge in [0, 0.05) is 32.1 Å². The summed E-state index contributed by atoms with van der Waals surface area (Å²) in [6.07, 6.45) is 4.43. The van der Waals surface area contributed by atoms with Crippen molar-refractivity contribution < 1.29 is 14.3 Å². The Kier molecular flexibility index (Phi) is 5.65. The first-order chi connectivity index (χ1) is 12.2. The van der Waals surface area contributed by atoms with Crippen LogP contribution in [0.2, 0.25) is 0 Å². The van der Waals surface area contributed by atoms with Crippen LogP contribution in [0.1, 0.15) is 12.8 Å². The Morgan fingerprint density at radius 2 is 1.92 bits per heavy atom. The molecule has 2 amide bonds. The average molecular weight is 344 g/mol. The third-order valence-electron chi connectivity index (χ3n) is 4.73. The highest BCUT2D eigenvalue weighted by Gasteiger charge is 2.26. The first-order valence-corrected chi connectivity index (χ1v) is 8.68. The molecule has 0 atom stereocenters. The van der Waals surface area contributed by atoms with Gasteiger partial charge < -0.3 is 19.9 Å². The lowest BCUT2D eigenvalue weighted by Gasteiger charge is -2.30. The lowest BCUT2D eigenvalue weighted by atomic mass is 9.96. The molecule has 2 saturated heterocycles. The summed E-state index contributed by atoms with van der Waals surface area (Å²) in [5, 5.41) is 2.88. The van der Waals surface area contributed by atoms with E-state index in [1.807, 2.05) is 12.1 Å². The molecule has 2 fully saturated rings. The number of anilines is 2. The van der Waals surface area contributed by atoms with Gasteiger partial charge in [0.25, 0.3) is 0 Å². The van der Waals surface area contributed by atoms with Crippen molar-refractivity contribution >= 4 is 23.3 Å². The Morgan fingerprint density at radius 1 is 1.20 bits per heavy atom. The van der Waals surface area contributed by atoms with Crippen LogP contribution in [-0.4, -0.2) is 61.1 Å². The molecule has 0 spiro atoms. The molecule has 0 aliphatic carbocycles. The number of nitrogens with zero attached hydrogens (tertiary/aromatic N) is 3. The molecule has 0 radical (unpaired) electrons. The summed E-state index contributed by atoms with van der Waals surface area (Å²) < 4.78 is 5.35. The van der Waals surface area contributed by atoms with Crippen molar-refractivity contribution in [2.45, 2.75) is 12.8 Å². The van der Waals surface area contributed by atoms with Gasteiger partial charge in [-0.15, -0.1) is 0 Å². The summed E-state index contributed by atoms with van der Waals surface area (Å²) in [7, 11) is 0. The van der Waals surface area contributed by atoms with E-state index in [1.54, 1.807) is 11.1 Å². The van der Waals surface area contributed by atoms with E-state index < -0.39 is 0 Å². The second-order valence-corrected chi connectivity index (χ2v) is 6.29. The Hall–Kier alpha value is -2.41. The van der Waals surface area contributed by atoms with E-state index in [9.17, 15) is 9.59 Å². The summed E-state index contributed by atoms with van der Waals surface area (Å²) in [5.74, 6) is 0.373. The number of likely N-dealkylation sites (tertiary alicyclic amines) is 1. The second-order valence-electron chi connectivity index (χ2n) is 6.29. The highest BCUT2D eigenvalue weighted by Crippen LogP contribution is 2.20. The fraction of sp³-hybridized carbons (Fsp3) is 0.500. The molecule has 3 heterocycles. The zero-order chi connectivity index (χ0) is 17.6. The van der Waals surface area contributed by atoms with Crippen LogP contribution in [0.15, 0.2) is 31.0 Å². The third kappa shape index (κ3) is 4.36. The van der Waals surface area contributed by atoms with Gasteiger partial charge in [0.05, 0.1) is 25.1 Å². The summed E-state index contributed by atoms with van der Waals surface area (Å²) >= 11 is 0. The molecule has 3 rings (SSSR count). The Labute approximate surface area is 147 Å². The molecule has 1 aromatic rings. The first-order valence-electron chi connectivity index (χ1n) is 8.68. The van der Waals surface area contributed by atoms with Crippen LogP contribution < -0.4 is 10.2 Å². The van der Waals surface area contributed by atoms with E-state index in [0.717, 1.165) is 32.0 Å². The van der Waals surface area contributed by atoms with Gasteiger partial charge in [-0.1, -0.05) is 6.58 Å². The van der Waals surface area contributed by atoms with Crippen molar-refractivity contribution in [2.24, 2.45) is 5.92 Å². The Bertz CT molecular complexity index is 618. The predicted molar refractivity (Wildman–Crippen MR) is 95.4 cm³/mol. The number of amides is 2. The lowest BCUT2D eigenvalue weighted by molar-refractivity contribution is -0.130. The Morgan fingerprint density at radius 3 is 2.52 bits per heavy atom. The molecule has 1 aromatic heterocycles. The minimum Gasteiger partial charge on any atom is -0.378 e. The molecule has 1 N–H and O–H groups in total. The topological polar surface area (TPSA) is 74.8 Å². The minimum atomic E-state index is -0.0883. The van der Waals surface area contributed by atoms with E-state index in [1.165, 1.54) is 6.08 Å². The van der Waals surface area contributed by atoms with E-state index >= 15 is 0 Å². The number of ether oxygens (including phenoxy) is 1. The molecular weight excluding hydrogens is 320 g/mol. The molecule has 7 heteroatoms. The Balaban J connectivity index is 1.51. The number of piperidine rings is 1. The largest absolute Gasteiger partial charge is 0.378 e. The van der Waals surface area contributed by atoms with Crippen molar-refractivity contribution in [3.63, 3.8) is 0 Å². The molecule has 0 unspecified atom stereocenters. The van der Waals surface area contributed by atoms with Crippen molar-refractivity contribution in [1.29, 1.82) is 0 Å². The van der Waals surface area contributed by atoms with Crippen LogP contribution in [0.3, 0.4) is 0 Å². The number of carbonyl (C=O) groups excluding carboxylic acids is 2. The van der Waals surface area contributed by atoms with Gasteiger partial charge in [-0.05, 0) is 31.1 Å². The standard InChI is InChI=1S/C18H24N4O3/c1-2-17(23)22-7-5-14(6-8-22)18(24)20-16-4-3-15(13-19-16)21-9-11-25-12-10-21/h2-4,13-14H,1,5-12H2,(H,19,20,24). The van der Waals surface area contributed by atoms with Crippen molar-refractivity contribution in [3.8, 4) is 0 Å². The SMILES string of the molecule is C=CC(=O)N1CCC(C(=O)Nc2ccc(N3CCOCC3)cn2)CC1. The first kappa shape index (κ1) is 17.4. The van der Waals surface area contributed by atoms with Crippen LogP contribution in [0, 0.1) is 5.92 Å². The molecule has 2 aliphatic rings. The smallest absolute Gasteiger partial charge is 0.245 e. The van der Waals surface area contributed by atoms with Gasteiger partial charge in [0.15, 0.2) is 0 Å². The fourth-order valence-corrected chi connectivity index (χ4v) is 3.19. The highest BCUT2D eigenvalue weighted by atomic mass is 16.5. The van der Waals surface area contributed by atoms with Crippen molar-refractivity contribution in [3.05, 3.63) is 31.0 Å². The zero-order valence-electron chi connectivity index (χ0n) is 14.3. The van der Waals surface area contributed by atoms with Gasteiger partial charge in [-0.3, -0.25) is 9.59 Å². The van der Waals surface area contributed by atoms with Crippen molar-refractivity contribution in [1.82, 2.24) is 9.88 Å².